The average molecular weight is 296 g/mol. The van der Waals surface area contributed by atoms with Gasteiger partial charge in [-0.3, -0.25) is 5.41 Å². The van der Waals surface area contributed by atoms with Crippen molar-refractivity contribution in [1.29, 1.82) is 5.41 Å². The number of H-pyrrole nitrogens is 1. The van der Waals surface area contributed by atoms with Gasteiger partial charge >= 0.3 is 0 Å². The van der Waals surface area contributed by atoms with Crippen LogP contribution in [0.4, 0.5) is 0 Å². The summed E-state index contributed by atoms with van der Waals surface area (Å²) in [6.45, 7) is 2.07. The van der Waals surface area contributed by atoms with Gasteiger partial charge in [0.05, 0.1) is 11.0 Å². The molecule has 0 saturated carbocycles. The highest BCUT2D eigenvalue weighted by molar-refractivity contribution is 7.98. The van der Waals surface area contributed by atoms with Gasteiger partial charge < -0.3 is 10.7 Å². The standard InChI is InChI=1S/C16H16N4S/c1-10-6-7-13-14(8-10)20-16(19-13)21-9-11-4-2-3-5-12(11)15(17)18/h2-8H,9H2,1H3,(H3,17,18)(H,19,20). The summed E-state index contributed by atoms with van der Waals surface area (Å²) in [6, 6.07) is 13.9. The lowest BCUT2D eigenvalue weighted by Gasteiger charge is -2.06. The predicted molar refractivity (Wildman–Crippen MR) is 87.8 cm³/mol. The number of aromatic nitrogens is 2. The number of aryl methyl sites for hydroxylation is 1. The summed E-state index contributed by atoms with van der Waals surface area (Å²) in [4.78, 5) is 7.89. The van der Waals surface area contributed by atoms with Crippen LogP contribution in [0.1, 0.15) is 16.7 Å². The third-order valence-electron chi connectivity index (χ3n) is 3.29. The Morgan fingerprint density at radius 3 is 2.90 bits per heavy atom. The number of imidazole rings is 1. The van der Waals surface area contributed by atoms with E-state index in [-0.39, 0.29) is 5.84 Å². The Morgan fingerprint density at radius 1 is 1.29 bits per heavy atom. The maximum Gasteiger partial charge on any atom is 0.166 e. The van der Waals surface area contributed by atoms with Gasteiger partial charge in [0.25, 0.3) is 0 Å². The van der Waals surface area contributed by atoms with Crippen molar-refractivity contribution >= 4 is 28.6 Å². The summed E-state index contributed by atoms with van der Waals surface area (Å²) in [5.74, 6) is 0.834. The number of rotatable bonds is 4. The zero-order valence-corrected chi connectivity index (χ0v) is 12.5. The van der Waals surface area contributed by atoms with E-state index in [1.165, 1.54) is 5.56 Å². The molecule has 0 aliphatic carbocycles. The van der Waals surface area contributed by atoms with Gasteiger partial charge in [-0.25, -0.2) is 4.98 Å². The van der Waals surface area contributed by atoms with Gasteiger partial charge in [-0.2, -0.15) is 0 Å². The second-order valence-electron chi connectivity index (χ2n) is 4.92. The van der Waals surface area contributed by atoms with Crippen molar-refractivity contribution in [1.82, 2.24) is 9.97 Å². The molecule has 0 bridgehead atoms. The van der Waals surface area contributed by atoms with Crippen LogP contribution in [0.2, 0.25) is 0 Å². The number of thioether (sulfide) groups is 1. The van der Waals surface area contributed by atoms with Crippen molar-refractivity contribution in [3.8, 4) is 0 Å². The van der Waals surface area contributed by atoms with Crippen LogP contribution in [0.25, 0.3) is 11.0 Å². The molecule has 5 heteroatoms. The molecule has 0 atom stereocenters. The smallest absolute Gasteiger partial charge is 0.166 e. The predicted octanol–water partition coefficient (Wildman–Crippen LogP) is 3.45. The number of fused-ring (bicyclic) bond motifs is 1. The average Bonchev–Trinajstić information content (AvgIpc) is 2.87. The van der Waals surface area contributed by atoms with Crippen LogP contribution < -0.4 is 5.73 Å². The van der Waals surface area contributed by atoms with E-state index in [4.69, 9.17) is 11.1 Å². The molecule has 1 heterocycles. The van der Waals surface area contributed by atoms with Crippen LogP contribution in [0.3, 0.4) is 0 Å². The number of nitrogens with two attached hydrogens (primary N) is 1. The molecule has 3 aromatic rings. The second-order valence-corrected chi connectivity index (χ2v) is 5.89. The molecule has 4 nitrogen and oxygen atoms in total. The first-order valence-corrected chi connectivity index (χ1v) is 7.63. The summed E-state index contributed by atoms with van der Waals surface area (Å²) < 4.78 is 0. The number of nitrogen functional groups attached to an aromatic ring is 1. The fraction of sp³-hybridized carbons (Fsp3) is 0.125. The Labute approximate surface area is 127 Å². The largest absolute Gasteiger partial charge is 0.384 e. The fourth-order valence-electron chi connectivity index (χ4n) is 2.22. The third-order valence-corrected chi connectivity index (χ3v) is 4.21. The number of aromatic amines is 1. The lowest BCUT2D eigenvalue weighted by Crippen LogP contribution is -2.13. The molecule has 4 N–H and O–H groups in total. The van der Waals surface area contributed by atoms with E-state index >= 15 is 0 Å². The molecule has 0 radical (unpaired) electrons. The minimum absolute atomic E-state index is 0.103. The van der Waals surface area contributed by atoms with E-state index in [1.54, 1.807) is 11.8 Å². The number of hydrogen-bond donors (Lipinski definition) is 3. The summed E-state index contributed by atoms with van der Waals surface area (Å²) >= 11 is 1.62. The van der Waals surface area contributed by atoms with E-state index in [9.17, 15) is 0 Å². The quantitative estimate of drug-likeness (QED) is 0.392. The first-order chi connectivity index (χ1) is 10.1. The molecule has 21 heavy (non-hydrogen) atoms. The summed E-state index contributed by atoms with van der Waals surface area (Å²) in [6.07, 6.45) is 0. The van der Waals surface area contributed by atoms with Gasteiger partial charge in [0, 0.05) is 11.3 Å². The maximum atomic E-state index is 7.62. The monoisotopic (exact) mass is 296 g/mol. The van der Waals surface area contributed by atoms with Crippen molar-refractivity contribution in [2.75, 3.05) is 0 Å². The van der Waals surface area contributed by atoms with Crippen molar-refractivity contribution < 1.29 is 0 Å². The Kier molecular flexibility index (Phi) is 3.66. The molecule has 0 spiro atoms. The van der Waals surface area contributed by atoms with Crippen molar-refractivity contribution in [3.63, 3.8) is 0 Å². The number of benzene rings is 2. The highest BCUT2D eigenvalue weighted by atomic mass is 32.2. The van der Waals surface area contributed by atoms with Gasteiger partial charge in [0.2, 0.25) is 0 Å². The lowest BCUT2D eigenvalue weighted by molar-refractivity contribution is 1.08. The van der Waals surface area contributed by atoms with Crippen LogP contribution in [-0.2, 0) is 5.75 Å². The Balaban J connectivity index is 1.82. The lowest BCUT2D eigenvalue weighted by atomic mass is 10.1. The number of nitrogens with one attached hydrogen (secondary N) is 2. The Morgan fingerprint density at radius 2 is 2.10 bits per heavy atom. The zero-order chi connectivity index (χ0) is 14.8. The SMILES string of the molecule is Cc1ccc2nc(SCc3ccccc3C(=N)N)[nH]c2c1. The minimum atomic E-state index is 0.103. The van der Waals surface area contributed by atoms with Crippen molar-refractivity contribution in [3.05, 3.63) is 59.2 Å². The van der Waals surface area contributed by atoms with Gasteiger partial charge in [0.1, 0.15) is 5.84 Å². The highest BCUT2D eigenvalue weighted by Crippen LogP contribution is 2.24. The van der Waals surface area contributed by atoms with Crippen molar-refractivity contribution in [2.24, 2.45) is 5.73 Å². The molecule has 0 unspecified atom stereocenters. The summed E-state index contributed by atoms with van der Waals surface area (Å²) in [5, 5.41) is 8.50. The number of nitrogens with zero attached hydrogens (tertiary/aromatic N) is 1. The Hall–Kier alpha value is -2.27. The first kappa shape index (κ1) is 13.7. The van der Waals surface area contributed by atoms with E-state index < -0.39 is 0 Å². The van der Waals surface area contributed by atoms with Gasteiger partial charge in [-0.15, -0.1) is 0 Å². The van der Waals surface area contributed by atoms with Crippen molar-refractivity contribution in [2.45, 2.75) is 17.8 Å². The Bertz CT molecular complexity index is 807. The van der Waals surface area contributed by atoms with Crippen LogP contribution in [0.5, 0.6) is 0 Å². The molecule has 106 valence electrons. The fourth-order valence-corrected chi connectivity index (χ4v) is 3.11. The molecule has 0 aliphatic rings. The van der Waals surface area contributed by atoms with Crippen LogP contribution in [-0.4, -0.2) is 15.8 Å². The van der Waals surface area contributed by atoms with Gasteiger partial charge in [-0.05, 0) is 30.2 Å². The molecule has 0 saturated heterocycles. The highest BCUT2D eigenvalue weighted by Gasteiger charge is 2.07. The topological polar surface area (TPSA) is 78.6 Å². The van der Waals surface area contributed by atoms with Crippen LogP contribution >= 0.6 is 11.8 Å². The second kappa shape index (κ2) is 5.61. The van der Waals surface area contributed by atoms with E-state index in [2.05, 4.69) is 29.0 Å². The molecular formula is C16H16N4S. The summed E-state index contributed by atoms with van der Waals surface area (Å²) in [7, 11) is 0. The zero-order valence-electron chi connectivity index (χ0n) is 11.7. The normalized spacial score (nSPS) is 10.9. The molecule has 1 aromatic heterocycles. The van der Waals surface area contributed by atoms with Gasteiger partial charge in [0.15, 0.2) is 5.16 Å². The third kappa shape index (κ3) is 2.92. The van der Waals surface area contributed by atoms with E-state index in [1.807, 2.05) is 30.3 Å². The number of amidine groups is 1. The molecule has 2 aromatic carbocycles. The van der Waals surface area contributed by atoms with Crippen LogP contribution in [0.15, 0.2) is 47.6 Å². The van der Waals surface area contributed by atoms with E-state index in [0.717, 1.165) is 33.1 Å². The first-order valence-electron chi connectivity index (χ1n) is 6.65. The van der Waals surface area contributed by atoms with Crippen LogP contribution in [0, 0.1) is 12.3 Å². The molecule has 0 fully saturated rings. The minimum Gasteiger partial charge on any atom is -0.384 e. The molecule has 0 amide bonds. The molecular weight excluding hydrogens is 280 g/mol. The van der Waals surface area contributed by atoms with E-state index in [0.29, 0.717) is 0 Å². The molecule has 3 rings (SSSR count). The summed E-state index contributed by atoms with van der Waals surface area (Å²) in [5.41, 5.74) is 10.7. The maximum absolute atomic E-state index is 7.62. The van der Waals surface area contributed by atoms with Gasteiger partial charge in [-0.1, -0.05) is 42.1 Å². The molecule has 0 aliphatic heterocycles. The number of hydrogen-bond acceptors (Lipinski definition) is 3.